The number of nitrogens with zero attached hydrogens (tertiary/aromatic N) is 4. The standard InChI is InChI=1S/C19H28N4OS2/c1-3-23(16-8-5-4-6-9-16)18(24)15(2)26-19-21-20-14-22(19)12-11-17-10-7-13-25-17/h7,10,13-16H,3-6,8-9,11-12H2,1-2H3. The third-order valence-electron chi connectivity index (χ3n) is 5.03. The Bertz CT molecular complexity index is 680. The Hall–Kier alpha value is -1.34. The van der Waals surface area contributed by atoms with Crippen LogP contribution in [-0.4, -0.2) is 43.4 Å². The second-order valence-corrected chi connectivity index (χ2v) is 9.15. The Labute approximate surface area is 164 Å². The van der Waals surface area contributed by atoms with Gasteiger partial charge in [-0.25, -0.2) is 0 Å². The number of thioether (sulfide) groups is 1. The first-order valence-corrected chi connectivity index (χ1v) is 11.3. The maximum absolute atomic E-state index is 13.0. The molecule has 0 aliphatic heterocycles. The van der Waals surface area contributed by atoms with Crippen molar-refractivity contribution in [2.75, 3.05) is 6.54 Å². The van der Waals surface area contributed by atoms with Crippen LogP contribution in [0.3, 0.4) is 0 Å². The van der Waals surface area contributed by atoms with E-state index in [9.17, 15) is 4.79 Å². The molecule has 0 bridgehead atoms. The monoisotopic (exact) mass is 392 g/mol. The molecule has 1 fully saturated rings. The van der Waals surface area contributed by atoms with Gasteiger partial charge in [0.2, 0.25) is 5.91 Å². The second-order valence-electron chi connectivity index (χ2n) is 6.81. The van der Waals surface area contributed by atoms with Gasteiger partial charge in [0.05, 0.1) is 5.25 Å². The predicted octanol–water partition coefficient (Wildman–Crippen LogP) is 4.24. The van der Waals surface area contributed by atoms with Crippen LogP contribution >= 0.6 is 23.1 Å². The van der Waals surface area contributed by atoms with Gasteiger partial charge in [0.15, 0.2) is 5.16 Å². The normalized spacial score (nSPS) is 16.5. The molecule has 2 aromatic heterocycles. The van der Waals surface area contributed by atoms with Gasteiger partial charge in [-0.15, -0.1) is 21.5 Å². The van der Waals surface area contributed by atoms with Crippen molar-refractivity contribution in [2.24, 2.45) is 0 Å². The molecule has 1 aliphatic rings. The van der Waals surface area contributed by atoms with E-state index < -0.39 is 0 Å². The van der Waals surface area contributed by atoms with Crippen molar-refractivity contribution >= 4 is 29.0 Å². The zero-order chi connectivity index (χ0) is 18.4. The summed E-state index contributed by atoms with van der Waals surface area (Å²) in [6.07, 6.45) is 8.82. The molecule has 0 spiro atoms. The van der Waals surface area contributed by atoms with Crippen LogP contribution in [0.4, 0.5) is 0 Å². The van der Waals surface area contributed by atoms with E-state index in [1.807, 2.05) is 6.92 Å². The van der Waals surface area contributed by atoms with Crippen LogP contribution in [0.5, 0.6) is 0 Å². The number of thiophene rings is 1. The first-order chi connectivity index (χ1) is 12.7. The summed E-state index contributed by atoms with van der Waals surface area (Å²) in [6, 6.07) is 4.64. The summed E-state index contributed by atoms with van der Waals surface area (Å²) in [5, 5.41) is 11.1. The average Bonchev–Trinajstić information content (AvgIpc) is 3.33. The molecule has 0 N–H and O–H groups in total. The summed E-state index contributed by atoms with van der Waals surface area (Å²) in [4.78, 5) is 16.4. The fourth-order valence-corrected chi connectivity index (χ4v) is 5.22. The molecule has 2 heterocycles. The van der Waals surface area contributed by atoms with Crippen LogP contribution in [0.2, 0.25) is 0 Å². The lowest BCUT2D eigenvalue weighted by atomic mass is 9.94. The lowest BCUT2D eigenvalue weighted by Crippen LogP contribution is -2.44. The van der Waals surface area contributed by atoms with E-state index in [2.05, 4.69) is 44.1 Å². The summed E-state index contributed by atoms with van der Waals surface area (Å²) in [5.74, 6) is 0.234. The van der Waals surface area contributed by atoms with Gasteiger partial charge in [-0.2, -0.15) is 0 Å². The Balaban J connectivity index is 1.59. The van der Waals surface area contributed by atoms with Gasteiger partial charge in [0, 0.05) is 24.0 Å². The largest absolute Gasteiger partial charge is 0.339 e. The van der Waals surface area contributed by atoms with Gasteiger partial charge in [-0.1, -0.05) is 37.1 Å². The quantitative estimate of drug-likeness (QED) is 0.631. The van der Waals surface area contributed by atoms with Crippen LogP contribution in [0, 0.1) is 0 Å². The summed E-state index contributed by atoms with van der Waals surface area (Å²) in [6.45, 7) is 5.72. The molecule has 1 unspecified atom stereocenters. The highest BCUT2D eigenvalue weighted by Crippen LogP contribution is 2.27. The van der Waals surface area contributed by atoms with Gasteiger partial charge < -0.3 is 9.47 Å². The molecule has 2 aromatic rings. The number of carbonyl (C=O) groups is 1. The molecule has 142 valence electrons. The maximum Gasteiger partial charge on any atom is 0.236 e. The minimum absolute atomic E-state index is 0.137. The molecule has 1 atom stereocenters. The smallest absolute Gasteiger partial charge is 0.236 e. The summed E-state index contributed by atoms with van der Waals surface area (Å²) >= 11 is 3.30. The molecule has 5 nitrogen and oxygen atoms in total. The van der Waals surface area contributed by atoms with Crippen LogP contribution in [0.15, 0.2) is 29.0 Å². The van der Waals surface area contributed by atoms with Crippen LogP contribution in [0.1, 0.15) is 50.8 Å². The van der Waals surface area contributed by atoms with E-state index in [0.29, 0.717) is 6.04 Å². The fourth-order valence-electron chi connectivity index (χ4n) is 3.60. The van der Waals surface area contributed by atoms with E-state index in [1.165, 1.54) is 35.9 Å². The minimum atomic E-state index is -0.137. The number of hydrogen-bond donors (Lipinski definition) is 0. The molecule has 0 saturated heterocycles. The third-order valence-corrected chi connectivity index (χ3v) is 7.05. The van der Waals surface area contributed by atoms with Crippen LogP contribution in [0.25, 0.3) is 0 Å². The highest BCUT2D eigenvalue weighted by Gasteiger charge is 2.28. The third kappa shape index (κ3) is 4.88. The van der Waals surface area contributed by atoms with E-state index >= 15 is 0 Å². The maximum atomic E-state index is 13.0. The van der Waals surface area contributed by atoms with Gasteiger partial charge in [0.25, 0.3) is 0 Å². The van der Waals surface area contributed by atoms with Crippen LogP contribution in [-0.2, 0) is 17.8 Å². The molecule has 26 heavy (non-hydrogen) atoms. The molecular formula is C19H28N4OS2. The van der Waals surface area contributed by atoms with Crippen molar-refractivity contribution in [3.05, 3.63) is 28.7 Å². The first-order valence-electron chi connectivity index (χ1n) is 9.56. The molecule has 3 rings (SSSR count). The predicted molar refractivity (Wildman–Crippen MR) is 108 cm³/mol. The van der Waals surface area contributed by atoms with Gasteiger partial charge in [-0.3, -0.25) is 4.79 Å². The zero-order valence-electron chi connectivity index (χ0n) is 15.6. The van der Waals surface area contributed by atoms with E-state index in [-0.39, 0.29) is 11.2 Å². The molecule has 1 saturated carbocycles. The van der Waals surface area contributed by atoms with Gasteiger partial charge in [-0.05, 0) is 44.6 Å². The van der Waals surface area contributed by atoms with Gasteiger partial charge >= 0.3 is 0 Å². The number of hydrogen-bond acceptors (Lipinski definition) is 5. The fraction of sp³-hybridized carbons (Fsp3) is 0.632. The van der Waals surface area contributed by atoms with Crippen molar-refractivity contribution in [3.63, 3.8) is 0 Å². The highest BCUT2D eigenvalue weighted by molar-refractivity contribution is 8.00. The number of aryl methyl sites for hydroxylation is 2. The number of rotatable bonds is 8. The van der Waals surface area contributed by atoms with Crippen molar-refractivity contribution < 1.29 is 4.79 Å². The zero-order valence-corrected chi connectivity index (χ0v) is 17.3. The molecule has 0 radical (unpaired) electrons. The minimum Gasteiger partial charge on any atom is -0.339 e. The van der Waals surface area contributed by atoms with E-state index in [4.69, 9.17) is 0 Å². The van der Waals surface area contributed by atoms with E-state index in [0.717, 1.165) is 37.5 Å². The Morgan fingerprint density at radius 2 is 2.23 bits per heavy atom. The molecule has 7 heteroatoms. The highest BCUT2D eigenvalue weighted by atomic mass is 32.2. The van der Waals surface area contributed by atoms with Crippen molar-refractivity contribution in [2.45, 2.75) is 75.4 Å². The summed E-state index contributed by atoms with van der Waals surface area (Å²) in [7, 11) is 0. The SMILES string of the molecule is CCN(C(=O)C(C)Sc1nncn1CCc1cccs1)C1CCCCC1. The number of aromatic nitrogens is 3. The number of carbonyl (C=O) groups excluding carboxylic acids is 1. The first kappa shape index (κ1) is 19.4. The van der Waals surface area contributed by atoms with Crippen molar-refractivity contribution in [3.8, 4) is 0 Å². The lowest BCUT2D eigenvalue weighted by molar-refractivity contribution is -0.133. The Morgan fingerprint density at radius 3 is 2.92 bits per heavy atom. The second kappa shape index (κ2) is 9.55. The van der Waals surface area contributed by atoms with Crippen molar-refractivity contribution in [1.82, 2.24) is 19.7 Å². The molecule has 1 aliphatic carbocycles. The van der Waals surface area contributed by atoms with E-state index in [1.54, 1.807) is 17.7 Å². The Morgan fingerprint density at radius 1 is 1.42 bits per heavy atom. The molecule has 0 aromatic carbocycles. The van der Waals surface area contributed by atoms with Gasteiger partial charge in [0.1, 0.15) is 6.33 Å². The molecular weight excluding hydrogens is 364 g/mol. The summed E-state index contributed by atoms with van der Waals surface area (Å²) in [5.41, 5.74) is 0. The van der Waals surface area contributed by atoms with Crippen molar-refractivity contribution in [1.29, 1.82) is 0 Å². The number of amides is 1. The molecule has 1 amide bonds. The average molecular weight is 393 g/mol. The van der Waals surface area contributed by atoms with Crippen LogP contribution < -0.4 is 0 Å². The Kier molecular flexibility index (Phi) is 7.14. The lowest BCUT2D eigenvalue weighted by Gasteiger charge is -2.35. The summed E-state index contributed by atoms with van der Waals surface area (Å²) < 4.78 is 2.06. The topological polar surface area (TPSA) is 51.0 Å².